The lowest BCUT2D eigenvalue weighted by atomic mass is 9.85. The first-order valence-corrected chi connectivity index (χ1v) is 8.49. The summed E-state index contributed by atoms with van der Waals surface area (Å²) in [6.45, 7) is 4.82. The van der Waals surface area contributed by atoms with E-state index < -0.39 is 28.6 Å². The highest BCUT2D eigenvalue weighted by atomic mass is 16.6. The maximum atomic E-state index is 11.8. The molecule has 0 N–H and O–H groups in total. The molecule has 0 amide bonds. The summed E-state index contributed by atoms with van der Waals surface area (Å²) in [6, 6.07) is 8.67. The first-order valence-electron chi connectivity index (χ1n) is 8.49. The van der Waals surface area contributed by atoms with Crippen LogP contribution in [0.25, 0.3) is 0 Å². The Morgan fingerprint density at radius 1 is 1.39 bits per heavy atom. The molecule has 0 spiro atoms. The number of nitro benzene ring substituents is 1. The molecular formula is C19H18N4O5. The lowest BCUT2D eigenvalue weighted by Crippen LogP contribution is -2.54. The van der Waals surface area contributed by atoms with Crippen molar-refractivity contribution >= 4 is 11.7 Å². The number of hydrogen-bond donors (Lipinski definition) is 0. The first kappa shape index (κ1) is 19.1. The quantitative estimate of drug-likeness (QED) is 0.348. The molecule has 2 heterocycles. The van der Waals surface area contributed by atoms with Gasteiger partial charge in [0.2, 0.25) is 6.19 Å². The number of pyridine rings is 1. The van der Waals surface area contributed by atoms with E-state index in [9.17, 15) is 14.9 Å². The highest BCUT2D eigenvalue weighted by Crippen LogP contribution is 2.44. The van der Waals surface area contributed by atoms with Crippen molar-refractivity contribution in [3.05, 3.63) is 63.8 Å². The van der Waals surface area contributed by atoms with E-state index in [1.165, 1.54) is 25.1 Å². The van der Waals surface area contributed by atoms with E-state index >= 15 is 0 Å². The number of esters is 1. The van der Waals surface area contributed by atoms with Crippen LogP contribution in [-0.4, -0.2) is 27.2 Å². The standard InChI is InChI=1S/C19H18N4O5/c1-12(24)27-18-17(22-9-5-4-6-16(22)21-11-20)14-10-13(23(25)26)7-8-15(14)28-19(18,2)3/h4-10,17-18H,1-3H3. The second-order valence-corrected chi connectivity index (χ2v) is 6.84. The van der Waals surface area contributed by atoms with Crippen LogP contribution in [-0.2, 0) is 9.53 Å². The molecule has 0 fully saturated rings. The van der Waals surface area contributed by atoms with Crippen molar-refractivity contribution in [2.45, 2.75) is 38.5 Å². The smallest absolute Gasteiger partial charge is 0.303 e. The average Bonchev–Trinajstić information content (AvgIpc) is 2.62. The third kappa shape index (κ3) is 3.44. The van der Waals surface area contributed by atoms with Gasteiger partial charge in [0.05, 0.1) is 4.92 Å². The van der Waals surface area contributed by atoms with Crippen molar-refractivity contribution in [2.75, 3.05) is 0 Å². The Morgan fingerprint density at radius 2 is 2.14 bits per heavy atom. The number of nitro groups is 1. The van der Waals surface area contributed by atoms with Gasteiger partial charge in [-0.3, -0.25) is 14.9 Å². The van der Waals surface area contributed by atoms with Crippen molar-refractivity contribution in [3.8, 4) is 11.9 Å². The molecule has 1 aliphatic rings. The summed E-state index contributed by atoms with van der Waals surface area (Å²) in [5, 5.41) is 20.3. The molecule has 1 aliphatic heterocycles. The zero-order chi connectivity index (χ0) is 20.5. The number of nitrogens with zero attached hydrogens (tertiary/aromatic N) is 4. The van der Waals surface area contributed by atoms with Gasteiger partial charge < -0.3 is 14.0 Å². The summed E-state index contributed by atoms with van der Waals surface area (Å²) in [5.41, 5.74) is -0.275. The molecule has 9 heteroatoms. The zero-order valence-electron chi connectivity index (χ0n) is 15.5. The second-order valence-electron chi connectivity index (χ2n) is 6.84. The molecule has 0 saturated heterocycles. The monoisotopic (exact) mass is 382 g/mol. The Hall–Kier alpha value is -3.67. The highest BCUT2D eigenvalue weighted by molar-refractivity contribution is 5.66. The van der Waals surface area contributed by atoms with Gasteiger partial charge in [-0.2, -0.15) is 10.3 Å². The fourth-order valence-electron chi connectivity index (χ4n) is 3.37. The van der Waals surface area contributed by atoms with Gasteiger partial charge in [0.25, 0.3) is 5.69 Å². The fourth-order valence-corrected chi connectivity index (χ4v) is 3.37. The summed E-state index contributed by atoms with van der Waals surface area (Å²) >= 11 is 0. The predicted octanol–water partition coefficient (Wildman–Crippen LogP) is 2.47. The number of carbonyl (C=O) groups is 1. The van der Waals surface area contributed by atoms with E-state index in [4.69, 9.17) is 14.7 Å². The number of rotatable bonds is 3. The predicted molar refractivity (Wildman–Crippen MR) is 97.1 cm³/mol. The third-order valence-corrected chi connectivity index (χ3v) is 4.49. The molecular weight excluding hydrogens is 364 g/mol. The summed E-state index contributed by atoms with van der Waals surface area (Å²) in [6.07, 6.45) is 2.61. The van der Waals surface area contributed by atoms with Crippen LogP contribution in [0.1, 0.15) is 32.4 Å². The molecule has 2 atom stereocenters. The number of nitriles is 1. The van der Waals surface area contributed by atoms with Crippen molar-refractivity contribution in [1.82, 2.24) is 4.57 Å². The molecule has 28 heavy (non-hydrogen) atoms. The van der Waals surface area contributed by atoms with Crippen molar-refractivity contribution in [2.24, 2.45) is 4.99 Å². The SMILES string of the molecule is CC(=O)OC1C(n2ccccc2=NC#N)c2cc([N+](=O)[O-])ccc2OC1(C)C. The number of carbonyl (C=O) groups excluding carboxylic acids is 1. The number of non-ortho nitro benzene ring substituents is 1. The molecule has 1 aromatic heterocycles. The second kappa shape index (κ2) is 7.15. The Kier molecular flexibility index (Phi) is 4.88. The minimum Gasteiger partial charge on any atom is -0.484 e. The molecule has 0 bridgehead atoms. The van der Waals surface area contributed by atoms with Crippen LogP contribution >= 0.6 is 0 Å². The maximum Gasteiger partial charge on any atom is 0.303 e. The van der Waals surface area contributed by atoms with Crippen LogP contribution in [0.3, 0.4) is 0 Å². The van der Waals surface area contributed by atoms with Crippen LogP contribution in [0.4, 0.5) is 5.69 Å². The average molecular weight is 382 g/mol. The number of hydrogen-bond acceptors (Lipinski definition) is 7. The highest BCUT2D eigenvalue weighted by Gasteiger charge is 2.47. The summed E-state index contributed by atoms with van der Waals surface area (Å²) in [7, 11) is 0. The van der Waals surface area contributed by atoms with Crippen LogP contribution < -0.4 is 10.2 Å². The third-order valence-electron chi connectivity index (χ3n) is 4.49. The van der Waals surface area contributed by atoms with Crippen molar-refractivity contribution < 1.29 is 19.2 Å². The van der Waals surface area contributed by atoms with Gasteiger partial charge in [0, 0.05) is 30.8 Å². The van der Waals surface area contributed by atoms with Gasteiger partial charge in [0.1, 0.15) is 22.9 Å². The zero-order valence-corrected chi connectivity index (χ0v) is 15.5. The lowest BCUT2D eigenvalue weighted by Gasteiger charge is -2.44. The van der Waals surface area contributed by atoms with E-state index in [-0.39, 0.29) is 5.69 Å². The summed E-state index contributed by atoms with van der Waals surface area (Å²) in [5.74, 6) is -0.0841. The molecule has 1 aromatic carbocycles. The number of benzene rings is 1. The Bertz CT molecular complexity index is 1050. The van der Waals surface area contributed by atoms with E-state index in [2.05, 4.69) is 4.99 Å². The van der Waals surface area contributed by atoms with E-state index in [1.54, 1.807) is 49.0 Å². The van der Waals surface area contributed by atoms with Crippen molar-refractivity contribution in [3.63, 3.8) is 0 Å². The van der Waals surface area contributed by atoms with Gasteiger partial charge >= 0.3 is 5.97 Å². The van der Waals surface area contributed by atoms with Crippen LogP contribution in [0, 0.1) is 21.6 Å². The minimum atomic E-state index is -0.938. The normalized spacial score (nSPS) is 20.4. The van der Waals surface area contributed by atoms with Gasteiger partial charge in [-0.15, -0.1) is 0 Å². The molecule has 0 radical (unpaired) electrons. The lowest BCUT2D eigenvalue weighted by molar-refractivity contribution is -0.385. The molecule has 9 nitrogen and oxygen atoms in total. The van der Waals surface area contributed by atoms with Gasteiger partial charge in [-0.1, -0.05) is 6.07 Å². The van der Waals surface area contributed by atoms with Gasteiger partial charge in [0.15, 0.2) is 6.10 Å². The Morgan fingerprint density at radius 3 is 2.79 bits per heavy atom. The largest absolute Gasteiger partial charge is 0.484 e. The molecule has 2 aromatic rings. The Balaban J connectivity index is 2.33. The molecule has 2 unspecified atom stereocenters. The van der Waals surface area contributed by atoms with E-state index in [0.29, 0.717) is 16.8 Å². The maximum absolute atomic E-state index is 11.8. The molecule has 0 aliphatic carbocycles. The van der Waals surface area contributed by atoms with Crippen molar-refractivity contribution in [1.29, 1.82) is 5.26 Å². The molecule has 3 rings (SSSR count). The first-order chi connectivity index (χ1) is 13.2. The number of aromatic nitrogens is 1. The summed E-state index contributed by atoms with van der Waals surface area (Å²) in [4.78, 5) is 26.4. The van der Waals surface area contributed by atoms with Crippen LogP contribution in [0.5, 0.6) is 5.75 Å². The van der Waals surface area contributed by atoms with Gasteiger partial charge in [-0.05, 0) is 32.0 Å². The Labute approximate surface area is 160 Å². The number of ether oxygens (including phenoxy) is 2. The van der Waals surface area contributed by atoms with Crippen LogP contribution in [0.2, 0.25) is 0 Å². The van der Waals surface area contributed by atoms with Gasteiger partial charge in [-0.25, -0.2) is 0 Å². The molecule has 144 valence electrons. The minimum absolute atomic E-state index is 0.121. The number of fused-ring (bicyclic) bond motifs is 1. The summed E-state index contributed by atoms with van der Waals surface area (Å²) < 4.78 is 13.3. The van der Waals surface area contributed by atoms with E-state index in [1.807, 2.05) is 0 Å². The van der Waals surface area contributed by atoms with Crippen LogP contribution in [0.15, 0.2) is 47.6 Å². The molecule has 0 saturated carbocycles. The fraction of sp³-hybridized carbons (Fsp3) is 0.316. The topological polar surface area (TPSA) is 120 Å². The van der Waals surface area contributed by atoms with E-state index in [0.717, 1.165) is 0 Å².